The Hall–Kier alpha value is -3.38. The van der Waals surface area contributed by atoms with Gasteiger partial charge in [-0.1, -0.05) is 29.5 Å². The number of anilines is 2. The third kappa shape index (κ3) is 6.02. The molecular formula is C28H31ClN4O5S2. The second kappa shape index (κ2) is 12.4. The molecule has 0 saturated heterocycles. The summed E-state index contributed by atoms with van der Waals surface area (Å²) in [6.07, 6.45) is 0.742. The zero-order valence-corrected chi connectivity index (χ0v) is 24.9. The van der Waals surface area contributed by atoms with E-state index in [1.54, 1.807) is 48.2 Å². The van der Waals surface area contributed by atoms with Crippen LogP contribution < -0.4 is 18.7 Å². The number of hydrogen-bond acceptors (Lipinski definition) is 8. The van der Waals surface area contributed by atoms with Crippen LogP contribution in [0.3, 0.4) is 0 Å². The van der Waals surface area contributed by atoms with Crippen molar-refractivity contribution in [3.63, 3.8) is 0 Å². The lowest BCUT2D eigenvalue weighted by Crippen LogP contribution is -2.33. The minimum Gasteiger partial charge on any atom is -0.454 e. The van der Waals surface area contributed by atoms with Crippen LogP contribution >= 0.6 is 23.7 Å². The van der Waals surface area contributed by atoms with Crippen molar-refractivity contribution < 1.29 is 22.7 Å². The highest BCUT2D eigenvalue weighted by Crippen LogP contribution is 2.40. The minimum absolute atomic E-state index is 0. The average Bonchev–Trinajstić information content (AvgIpc) is 3.56. The highest BCUT2D eigenvalue weighted by Gasteiger charge is 2.26. The summed E-state index contributed by atoms with van der Waals surface area (Å²) in [5.41, 5.74) is 1.70. The zero-order valence-electron chi connectivity index (χ0n) is 22.4. The van der Waals surface area contributed by atoms with Crippen LogP contribution in [0.5, 0.6) is 11.5 Å². The van der Waals surface area contributed by atoms with Gasteiger partial charge in [0.2, 0.25) is 6.79 Å². The zero-order chi connectivity index (χ0) is 27.6. The molecule has 0 radical (unpaired) electrons. The molecule has 40 heavy (non-hydrogen) atoms. The molecule has 1 amide bonds. The molecule has 0 atom stereocenters. The van der Waals surface area contributed by atoms with E-state index < -0.39 is 10.0 Å². The lowest BCUT2D eigenvalue weighted by Gasteiger charge is -2.23. The summed E-state index contributed by atoms with van der Waals surface area (Å²) in [5, 5.41) is 0.565. The van der Waals surface area contributed by atoms with Gasteiger partial charge < -0.3 is 14.4 Å². The largest absolute Gasteiger partial charge is 0.454 e. The maximum atomic E-state index is 13.7. The number of thiazole rings is 1. The number of carbonyl (C=O) groups excluding carboxylic acids is 1. The molecule has 0 spiro atoms. The summed E-state index contributed by atoms with van der Waals surface area (Å²) >= 11 is 1.41. The molecule has 1 aromatic heterocycles. The van der Waals surface area contributed by atoms with Crippen LogP contribution in [0.2, 0.25) is 0 Å². The molecule has 9 nitrogen and oxygen atoms in total. The number of amides is 1. The molecule has 12 heteroatoms. The van der Waals surface area contributed by atoms with Gasteiger partial charge in [-0.3, -0.25) is 14.0 Å². The Kier molecular flexibility index (Phi) is 9.19. The quantitative estimate of drug-likeness (QED) is 0.244. The summed E-state index contributed by atoms with van der Waals surface area (Å²) in [6, 6.07) is 18.8. The van der Waals surface area contributed by atoms with E-state index in [1.807, 2.05) is 32.3 Å². The molecule has 0 N–H and O–H groups in total. The van der Waals surface area contributed by atoms with E-state index in [2.05, 4.69) is 4.90 Å². The van der Waals surface area contributed by atoms with Gasteiger partial charge in [-0.25, -0.2) is 13.4 Å². The summed E-state index contributed by atoms with van der Waals surface area (Å²) in [6.45, 7) is 3.51. The standard InChI is InChI=1S/C28H30N4O5S2.ClH/c1-4-32(21-9-6-5-7-10-21)39(34,35)22-13-11-20(12-14-22)27(33)31(16-8-15-30(2)3)28-29-23-17-24-25(37-19-36-24)18-26(23)38-28;/h5-7,9-14,17-18H,4,8,15-16,19H2,1-3H3;1H. The number of benzene rings is 3. The molecule has 2 heterocycles. The van der Waals surface area contributed by atoms with Crippen molar-refractivity contribution >= 4 is 60.7 Å². The number of halogens is 1. The second-order valence-electron chi connectivity index (χ2n) is 9.31. The summed E-state index contributed by atoms with van der Waals surface area (Å²) in [7, 11) is 0.175. The number of carbonyl (C=O) groups is 1. The molecule has 3 aromatic carbocycles. The highest BCUT2D eigenvalue weighted by atomic mass is 35.5. The molecule has 0 aliphatic carbocycles. The number of nitrogens with zero attached hydrogens (tertiary/aromatic N) is 4. The van der Waals surface area contributed by atoms with Gasteiger partial charge in [0.1, 0.15) is 0 Å². The van der Waals surface area contributed by atoms with Crippen LogP contribution in [0.4, 0.5) is 10.8 Å². The molecule has 0 bridgehead atoms. The fourth-order valence-corrected chi connectivity index (χ4v) is 6.86. The normalized spacial score (nSPS) is 12.4. The van der Waals surface area contributed by atoms with E-state index in [-0.39, 0.29) is 36.5 Å². The molecule has 1 aliphatic heterocycles. The number of sulfonamides is 1. The van der Waals surface area contributed by atoms with Crippen molar-refractivity contribution in [1.82, 2.24) is 9.88 Å². The fourth-order valence-electron chi connectivity index (χ4n) is 4.39. The van der Waals surface area contributed by atoms with E-state index in [9.17, 15) is 13.2 Å². The molecule has 1 aliphatic rings. The van der Waals surface area contributed by atoms with Crippen molar-refractivity contribution in [2.45, 2.75) is 18.2 Å². The van der Waals surface area contributed by atoms with Crippen LogP contribution in [0.1, 0.15) is 23.7 Å². The molecule has 5 rings (SSSR count). The van der Waals surface area contributed by atoms with E-state index in [0.717, 1.165) is 23.2 Å². The van der Waals surface area contributed by atoms with E-state index in [4.69, 9.17) is 14.5 Å². The maximum absolute atomic E-state index is 13.7. The smallest absolute Gasteiger partial charge is 0.264 e. The first-order valence-electron chi connectivity index (χ1n) is 12.6. The number of fused-ring (bicyclic) bond motifs is 2. The third-order valence-electron chi connectivity index (χ3n) is 6.36. The molecule has 0 saturated carbocycles. The van der Waals surface area contributed by atoms with Crippen LogP contribution in [-0.4, -0.2) is 64.7 Å². The predicted octanol–water partition coefficient (Wildman–Crippen LogP) is 5.26. The number of hydrogen-bond donors (Lipinski definition) is 0. The average molecular weight is 603 g/mol. The first-order valence-corrected chi connectivity index (χ1v) is 14.9. The lowest BCUT2D eigenvalue weighted by atomic mass is 10.2. The summed E-state index contributed by atoms with van der Waals surface area (Å²) in [5.74, 6) is 1.06. The van der Waals surface area contributed by atoms with Gasteiger partial charge in [0.05, 0.1) is 20.8 Å². The predicted molar refractivity (Wildman–Crippen MR) is 161 cm³/mol. The van der Waals surface area contributed by atoms with Crippen LogP contribution in [0.25, 0.3) is 10.2 Å². The Morgan fingerprint density at radius 3 is 2.30 bits per heavy atom. The van der Waals surface area contributed by atoms with Gasteiger partial charge in [0.15, 0.2) is 16.6 Å². The SMILES string of the molecule is CCN(c1ccccc1)S(=O)(=O)c1ccc(C(=O)N(CCCN(C)C)c2nc3cc4c(cc3s2)OCO4)cc1.Cl. The second-order valence-corrected chi connectivity index (χ2v) is 12.2. The number of aromatic nitrogens is 1. The molecule has 212 valence electrons. The highest BCUT2D eigenvalue weighted by molar-refractivity contribution is 7.92. The number of rotatable bonds is 10. The Balaban J connectivity index is 0.00000370. The van der Waals surface area contributed by atoms with Gasteiger partial charge >= 0.3 is 0 Å². The van der Waals surface area contributed by atoms with Crippen molar-refractivity contribution in [2.75, 3.05) is 49.7 Å². The van der Waals surface area contributed by atoms with E-state index in [1.165, 1.54) is 27.8 Å². The van der Waals surface area contributed by atoms with Crippen LogP contribution in [0, 0.1) is 0 Å². The van der Waals surface area contributed by atoms with Crippen LogP contribution in [0.15, 0.2) is 71.6 Å². The fraction of sp³-hybridized carbons (Fsp3) is 0.286. The summed E-state index contributed by atoms with van der Waals surface area (Å²) in [4.78, 5) is 22.3. The van der Waals surface area contributed by atoms with Crippen molar-refractivity contribution in [2.24, 2.45) is 0 Å². The monoisotopic (exact) mass is 602 g/mol. The lowest BCUT2D eigenvalue weighted by molar-refractivity contribution is 0.0986. The van der Waals surface area contributed by atoms with Gasteiger partial charge in [-0.15, -0.1) is 12.4 Å². The Morgan fingerprint density at radius 1 is 0.975 bits per heavy atom. The van der Waals surface area contributed by atoms with Crippen molar-refractivity contribution in [3.8, 4) is 11.5 Å². The molecule has 0 unspecified atom stereocenters. The Labute approximate surface area is 244 Å². The summed E-state index contributed by atoms with van der Waals surface area (Å²) < 4.78 is 40.0. The Bertz CT molecular complexity index is 1540. The molecule has 4 aromatic rings. The maximum Gasteiger partial charge on any atom is 0.264 e. The molecule has 0 fully saturated rings. The first-order chi connectivity index (χ1) is 18.8. The van der Waals surface area contributed by atoms with Gasteiger partial charge in [-0.2, -0.15) is 0 Å². The van der Waals surface area contributed by atoms with Crippen molar-refractivity contribution in [1.29, 1.82) is 0 Å². The molecular weight excluding hydrogens is 572 g/mol. The van der Waals surface area contributed by atoms with E-state index in [0.29, 0.717) is 34.4 Å². The number of ether oxygens (including phenoxy) is 2. The topological polar surface area (TPSA) is 92.3 Å². The Morgan fingerprint density at radius 2 is 1.65 bits per heavy atom. The first kappa shape index (κ1) is 29.6. The third-order valence-corrected chi connectivity index (χ3v) is 9.31. The van der Waals surface area contributed by atoms with Crippen molar-refractivity contribution in [3.05, 3.63) is 72.3 Å². The number of para-hydroxylation sites is 1. The van der Waals surface area contributed by atoms with Gasteiger partial charge in [0, 0.05) is 30.8 Å². The van der Waals surface area contributed by atoms with Gasteiger partial charge in [-0.05, 0) is 70.4 Å². The van der Waals surface area contributed by atoms with Gasteiger partial charge in [0.25, 0.3) is 15.9 Å². The van der Waals surface area contributed by atoms with E-state index >= 15 is 0 Å². The van der Waals surface area contributed by atoms with Crippen LogP contribution in [-0.2, 0) is 10.0 Å². The minimum atomic E-state index is -3.80.